The first-order valence-corrected chi connectivity index (χ1v) is 13.2. The van der Waals surface area contributed by atoms with Gasteiger partial charge < -0.3 is 10.2 Å². The Morgan fingerprint density at radius 2 is 1.11 bits per heavy atom. The van der Waals surface area contributed by atoms with Gasteiger partial charge in [-0.1, -0.05) is 67.6 Å². The van der Waals surface area contributed by atoms with Crippen LogP contribution >= 0.6 is 0 Å². The van der Waals surface area contributed by atoms with Crippen LogP contribution in [0.5, 0.6) is 0 Å². The highest BCUT2D eigenvalue weighted by Gasteiger charge is 2.77. The number of hydrogen-bond acceptors (Lipinski definition) is 6. The van der Waals surface area contributed by atoms with Crippen LogP contribution in [0.3, 0.4) is 0 Å². The lowest BCUT2D eigenvalue weighted by Gasteiger charge is -2.59. The van der Waals surface area contributed by atoms with Crippen LogP contribution in [0.2, 0.25) is 0 Å². The second kappa shape index (κ2) is 8.99. The third-order valence-electron chi connectivity index (χ3n) is 9.22. The van der Waals surface area contributed by atoms with E-state index in [0.29, 0.717) is 6.42 Å². The number of carbonyl (C=O) groups excluding carboxylic acids is 4. The van der Waals surface area contributed by atoms with Crippen molar-refractivity contribution in [1.29, 1.82) is 0 Å². The van der Waals surface area contributed by atoms with Gasteiger partial charge in [-0.15, -0.1) is 0 Å². The fourth-order valence-electron chi connectivity index (χ4n) is 8.05. The number of likely N-dealkylation sites (tertiary alicyclic amines) is 2. The zero-order chi connectivity index (χ0) is 26.8. The van der Waals surface area contributed by atoms with E-state index in [2.05, 4.69) is 0 Å². The minimum Gasteiger partial charge on any atom is -0.395 e. The number of allylic oxidation sites excluding steroid dienone is 2. The van der Waals surface area contributed by atoms with Crippen molar-refractivity contribution < 1.29 is 29.4 Å². The van der Waals surface area contributed by atoms with Crippen molar-refractivity contribution in [3.63, 3.8) is 0 Å². The Hall–Kier alpha value is -3.62. The predicted molar refractivity (Wildman–Crippen MR) is 137 cm³/mol. The summed E-state index contributed by atoms with van der Waals surface area (Å²) in [6.45, 7) is 0.962. The van der Waals surface area contributed by atoms with Crippen LogP contribution in [0.25, 0.3) is 11.1 Å². The lowest BCUT2D eigenvalue weighted by Crippen LogP contribution is -2.60. The van der Waals surface area contributed by atoms with Gasteiger partial charge in [-0.25, -0.2) is 0 Å². The smallest absolute Gasteiger partial charge is 0.234 e. The molecule has 3 aliphatic carbocycles. The highest BCUT2D eigenvalue weighted by Crippen LogP contribution is 2.73. The van der Waals surface area contributed by atoms with E-state index in [4.69, 9.17) is 0 Å². The Labute approximate surface area is 220 Å². The molecule has 2 aromatic rings. The largest absolute Gasteiger partial charge is 0.395 e. The maximum Gasteiger partial charge on any atom is 0.234 e. The molecule has 0 spiro atoms. The zero-order valence-corrected chi connectivity index (χ0v) is 21.1. The van der Waals surface area contributed by atoms with E-state index < -0.39 is 46.8 Å². The number of aliphatic hydroxyl groups is 2. The summed E-state index contributed by atoms with van der Waals surface area (Å²) < 4.78 is 0. The van der Waals surface area contributed by atoms with E-state index in [1.165, 1.54) is 0 Å². The molecule has 5 aliphatic rings. The summed E-state index contributed by atoms with van der Waals surface area (Å²) in [7, 11) is 0. The standard InChI is InChI=1S/C30H30N2O6/c1-2-30-23(18-11-7-4-8-12-18)19(17-9-5-3-6-10-17)20(21-24(30)28(37)31(13-15-33)26(21)35)22-25(30)29(38)32(14-16-34)27(22)36/h3-12,20-22,24-25,33-34H,2,13-16H2,1H3. The van der Waals surface area contributed by atoms with Gasteiger partial charge in [0.05, 0.1) is 50.0 Å². The number of benzene rings is 2. The van der Waals surface area contributed by atoms with Crippen molar-refractivity contribution >= 4 is 34.8 Å². The van der Waals surface area contributed by atoms with Gasteiger partial charge in [0.2, 0.25) is 23.6 Å². The summed E-state index contributed by atoms with van der Waals surface area (Å²) in [6.07, 6.45) is 0.362. The molecule has 196 valence electrons. The molecule has 8 heteroatoms. The van der Waals surface area contributed by atoms with Gasteiger partial charge in [0.25, 0.3) is 0 Å². The lowest BCUT2D eigenvalue weighted by atomic mass is 9.40. The van der Waals surface area contributed by atoms with Crippen LogP contribution in [0, 0.1) is 35.0 Å². The summed E-state index contributed by atoms with van der Waals surface area (Å²) in [5.41, 5.74) is 2.27. The number of nitrogens with zero attached hydrogens (tertiary/aromatic N) is 2. The normalized spacial score (nSPS) is 31.9. The average molecular weight is 515 g/mol. The van der Waals surface area contributed by atoms with Gasteiger partial charge in [0, 0.05) is 11.3 Å². The third-order valence-corrected chi connectivity index (χ3v) is 9.22. The van der Waals surface area contributed by atoms with Crippen molar-refractivity contribution in [2.75, 3.05) is 26.3 Å². The fraction of sp³-hybridized carbons (Fsp3) is 0.400. The second-order valence-corrected chi connectivity index (χ2v) is 10.6. The number of amides is 4. The topological polar surface area (TPSA) is 115 Å². The Morgan fingerprint density at radius 1 is 0.658 bits per heavy atom. The number of imide groups is 2. The number of hydrogen-bond donors (Lipinski definition) is 2. The Kier molecular flexibility index (Phi) is 5.85. The highest BCUT2D eigenvalue weighted by atomic mass is 16.3. The molecule has 2 N–H and O–H groups in total. The van der Waals surface area contributed by atoms with Crippen LogP contribution in [-0.2, 0) is 19.2 Å². The number of β-amino-alcohol motifs (C(OH)–C–C–N with tert-alkyl or cyclic N) is 2. The summed E-state index contributed by atoms with van der Waals surface area (Å²) >= 11 is 0. The molecule has 0 aromatic heterocycles. The molecule has 4 unspecified atom stereocenters. The van der Waals surface area contributed by atoms with Gasteiger partial charge in [-0.3, -0.25) is 29.0 Å². The monoisotopic (exact) mass is 514 g/mol. The van der Waals surface area contributed by atoms with Gasteiger partial charge in [0.15, 0.2) is 0 Å². The molecule has 4 atom stereocenters. The molecule has 2 heterocycles. The molecule has 3 fully saturated rings. The van der Waals surface area contributed by atoms with E-state index in [1.807, 2.05) is 67.6 Å². The van der Waals surface area contributed by atoms with Gasteiger partial charge in [-0.05, 0) is 28.7 Å². The van der Waals surface area contributed by atoms with E-state index in [-0.39, 0.29) is 38.1 Å². The third kappa shape index (κ3) is 2.98. The van der Waals surface area contributed by atoms with Crippen LogP contribution in [0.15, 0.2) is 60.7 Å². The van der Waals surface area contributed by atoms with Crippen molar-refractivity contribution in [3.8, 4) is 0 Å². The second-order valence-electron chi connectivity index (χ2n) is 10.6. The molecule has 8 nitrogen and oxygen atoms in total. The predicted octanol–water partition coefficient (Wildman–Crippen LogP) is 1.82. The maximum atomic E-state index is 14.0. The Balaban J connectivity index is 1.72. The molecule has 2 aromatic carbocycles. The number of carbonyl (C=O) groups is 4. The first-order chi connectivity index (χ1) is 18.4. The SMILES string of the molecule is CCC12C(c3ccccc3)=C(c3ccccc3)C(C3C(=O)N(CCO)C(=O)C31)C1C(=O)N(CCO)C(=O)C12. The molecule has 1 saturated carbocycles. The van der Waals surface area contributed by atoms with Crippen LogP contribution in [0.1, 0.15) is 24.5 Å². The minimum atomic E-state index is -1.12. The lowest BCUT2D eigenvalue weighted by molar-refractivity contribution is -0.145. The van der Waals surface area contributed by atoms with Crippen LogP contribution in [-0.4, -0.2) is 69.9 Å². The van der Waals surface area contributed by atoms with E-state index in [1.54, 1.807) is 0 Å². The highest BCUT2D eigenvalue weighted by molar-refractivity contribution is 6.17. The first kappa shape index (κ1) is 24.7. The van der Waals surface area contributed by atoms with E-state index >= 15 is 0 Å². The minimum absolute atomic E-state index is 0.119. The van der Waals surface area contributed by atoms with Crippen molar-refractivity contribution in [1.82, 2.24) is 9.80 Å². The van der Waals surface area contributed by atoms with Gasteiger partial charge in [0.1, 0.15) is 0 Å². The molecule has 2 bridgehead atoms. The molecule has 38 heavy (non-hydrogen) atoms. The zero-order valence-electron chi connectivity index (χ0n) is 21.1. The molecule has 0 radical (unpaired) electrons. The molecule has 7 rings (SSSR count). The quantitative estimate of drug-likeness (QED) is 0.545. The van der Waals surface area contributed by atoms with Gasteiger partial charge >= 0.3 is 0 Å². The fourth-order valence-corrected chi connectivity index (χ4v) is 8.05. The van der Waals surface area contributed by atoms with E-state index in [0.717, 1.165) is 32.1 Å². The Morgan fingerprint density at radius 3 is 1.53 bits per heavy atom. The number of rotatable bonds is 7. The summed E-state index contributed by atoms with van der Waals surface area (Å²) in [6, 6.07) is 19.2. The van der Waals surface area contributed by atoms with Crippen molar-refractivity contribution in [2.45, 2.75) is 13.3 Å². The molecular formula is C30H30N2O6. The maximum absolute atomic E-state index is 14.0. The molecule has 4 amide bonds. The summed E-state index contributed by atoms with van der Waals surface area (Å²) in [5, 5.41) is 19.3. The summed E-state index contributed by atoms with van der Waals surface area (Å²) in [4.78, 5) is 58.1. The Bertz CT molecular complexity index is 1300. The van der Waals surface area contributed by atoms with Crippen LogP contribution < -0.4 is 0 Å². The van der Waals surface area contributed by atoms with Crippen LogP contribution in [0.4, 0.5) is 0 Å². The average Bonchev–Trinajstić information content (AvgIpc) is 3.36. The molecule has 2 aliphatic heterocycles. The van der Waals surface area contributed by atoms with Crippen molar-refractivity contribution in [3.05, 3.63) is 71.8 Å². The van der Waals surface area contributed by atoms with Crippen molar-refractivity contribution in [2.24, 2.45) is 35.0 Å². The number of aliphatic hydroxyl groups excluding tert-OH is 2. The van der Waals surface area contributed by atoms with E-state index in [9.17, 15) is 29.4 Å². The molecule has 2 saturated heterocycles. The van der Waals surface area contributed by atoms with Gasteiger partial charge in [-0.2, -0.15) is 0 Å². The summed E-state index contributed by atoms with van der Waals surface area (Å²) in [5.74, 6) is -5.55. The molecular weight excluding hydrogens is 484 g/mol. The first-order valence-electron chi connectivity index (χ1n) is 13.2.